The topological polar surface area (TPSA) is 35.2 Å². The van der Waals surface area contributed by atoms with E-state index in [1.807, 2.05) is 11.3 Å². The molecule has 1 aromatic rings. The summed E-state index contributed by atoms with van der Waals surface area (Å²) in [6.07, 6.45) is 7.00. The van der Waals surface area contributed by atoms with E-state index >= 15 is 0 Å². The first kappa shape index (κ1) is 10.8. The largest absolute Gasteiger partial charge is 0.374 e. The molecule has 88 valence electrons. The van der Waals surface area contributed by atoms with Gasteiger partial charge in [-0.2, -0.15) is 0 Å². The van der Waals surface area contributed by atoms with Crippen molar-refractivity contribution in [3.8, 4) is 0 Å². The highest BCUT2D eigenvalue weighted by molar-refractivity contribution is 7.09. The summed E-state index contributed by atoms with van der Waals surface area (Å²) in [5.41, 5.74) is 6.30. The minimum absolute atomic E-state index is 0.285. The van der Waals surface area contributed by atoms with E-state index in [0.29, 0.717) is 12.2 Å². The van der Waals surface area contributed by atoms with Gasteiger partial charge < -0.3 is 10.5 Å². The number of thiophene rings is 1. The molecule has 2 fully saturated rings. The average molecular weight is 237 g/mol. The third-order valence-corrected chi connectivity index (χ3v) is 5.22. The predicted octanol–water partition coefficient (Wildman–Crippen LogP) is 2.58. The highest BCUT2D eigenvalue weighted by atomic mass is 32.1. The molecular weight excluding hydrogens is 218 g/mol. The van der Waals surface area contributed by atoms with E-state index in [0.717, 1.165) is 6.54 Å². The van der Waals surface area contributed by atoms with Crippen LogP contribution in [0.2, 0.25) is 0 Å². The smallest absolute Gasteiger partial charge is 0.0649 e. The van der Waals surface area contributed by atoms with E-state index in [1.165, 1.54) is 37.0 Å². The zero-order valence-electron chi connectivity index (χ0n) is 9.52. The fraction of sp³-hybridized carbons (Fsp3) is 0.692. The number of ether oxygens (including phenoxy) is 1. The van der Waals surface area contributed by atoms with Gasteiger partial charge in [0.25, 0.3) is 0 Å². The number of rotatable bonds is 4. The average Bonchev–Trinajstić information content (AvgIpc) is 3.02. The Morgan fingerprint density at radius 1 is 1.50 bits per heavy atom. The summed E-state index contributed by atoms with van der Waals surface area (Å²) in [6.45, 7) is 0.791. The van der Waals surface area contributed by atoms with Crippen molar-refractivity contribution in [1.29, 1.82) is 0 Å². The van der Waals surface area contributed by atoms with Gasteiger partial charge in [-0.1, -0.05) is 6.07 Å². The first-order chi connectivity index (χ1) is 7.82. The molecule has 3 heteroatoms. The number of hydrogen-bond donors (Lipinski definition) is 1. The van der Waals surface area contributed by atoms with E-state index < -0.39 is 0 Å². The predicted molar refractivity (Wildman–Crippen MR) is 66.6 cm³/mol. The summed E-state index contributed by atoms with van der Waals surface area (Å²) in [5, 5.41) is 2.15. The highest BCUT2D eigenvalue weighted by Crippen LogP contribution is 2.49. The Labute approximate surface area is 101 Å². The van der Waals surface area contributed by atoms with Crippen LogP contribution in [0.1, 0.15) is 30.6 Å². The van der Waals surface area contributed by atoms with Gasteiger partial charge in [0.15, 0.2) is 0 Å². The molecule has 2 bridgehead atoms. The second-order valence-corrected chi connectivity index (χ2v) is 6.21. The molecule has 0 amide bonds. The molecule has 3 unspecified atom stereocenters. The van der Waals surface area contributed by atoms with E-state index in [4.69, 9.17) is 10.5 Å². The molecule has 0 saturated carbocycles. The third kappa shape index (κ3) is 1.71. The Balaban J connectivity index is 1.67. The maximum absolute atomic E-state index is 6.02. The molecule has 0 spiro atoms. The summed E-state index contributed by atoms with van der Waals surface area (Å²) in [4.78, 5) is 1.48. The number of aryl methyl sites for hydroxylation is 1. The number of nitrogens with two attached hydrogens (primary N) is 1. The van der Waals surface area contributed by atoms with Crippen LogP contribution in [-0.2, 0) is 11.2 Å². The lowest BCUT2D eigenvalue weighted by molar-refractivity contribution is 0.0601. The lowest BCUT2D eigenvalue weighted by atomic mass is 9.71. The van der Waals surface area contributed by atoms with Crippen LogP contribution in [-0.4, -0.2) is 18.8 Å². The lowest BCUT2D eigenvalue weighted by Gasteiger charge is -2.34. The number of hydrogen-bond acceptors (Lipinski definition) is 3. The van der Waals surface area contributed by atoms with Crippen molar-refractivity contribution >= 4 is 11.3 Å². The van der Waals surface area contributed by atoms with Crippen molar-refractivity contribution in [1.82, 2.24) is 0 Å². The van der Waals surface area contributed by atoms with Crippen LogP contribution in [0, 0.1) is 5.41 Å². The first-order valence-corrected chi connectivity index (χ1v) is 7.08. The van der Waals surface area contributed by atoms with Gasteiger partial charge in [-0.05, 0) is 43.6 Å². The van der Waals surface area contributed by atoms with E-state index in [9.17, 15) is 0 Å². The molecule has 3 atom stereocenters. The second kappa shape index (κ2) is 4.13. The van der Waals surface area contributed by atoms with Crippen LogP contribution < -0.4 is 5.73 Å². The van der Waals surface area contributed by atoms with Gasteiger partial charge in [-0.25, -0.2) is 0 Å². The summed E-state index contributed by atoms with van der Waals surface area (Å²) in [6, 6.07) is 4.36. The van der Waals surface area contributed by atoms with Crippen LogP contribution in [0.15, 0.2) is 17.5 Å². The van der Waals surface area contributed by atoms with E-state index in [2.05, 4.69) is 17.5 Å². The number of fused-ring (bicyclic) bond motifs is 2. The molecule has 2 aliphatic rings. The van der Waals surface area contributed by atoms with Crippen LogP contribution in [0.4, 0.5) is 0 Å². The Morgan fingerprint density at radius 2 is 2.44 bits per heavy atom. The van der Waals surface area contributed by atoms with Crippen molar-refractivity contribution in [2.45, 2.75) is 44.3 Å². The van der Waals surface area contributed by atoms with Gasteiger partial charge in [-0.3, -0.25) is 0 Å². The molecule has 3 rings (SSSR count). The molecule has 2 N–H and O–H groups in total. The van der Waals surface area contributed by atoms with Crippen LogP contribution >= 0.6 is 11.3 Å². The normalized spacial score (nSPS) is 37.1. The molecule has 2 saturated heterocycles. The summed E-state index contributed by atoms with van der Waals surface area (Å²) in [5.74, 6) is 0. The third-order valence-electron chi connectivity index (χ3n) is 4.28. The zero-order chi connectivity index (χ0) is 11.0. The van der Waals surface area contributed by atoms with Gasteiger partial charge in [0.1, 0.15) is 0 Å². The molecule has 0 radical (unpaired) electrons. The van der Waals surface area contributed by atoms with Crippen molar-refractivity contribution in [3.63, 3.8) is 0 Å². The van der Waals surface area contributed by atoms with Crippen molar-refractivity contribution in [3.05, 3.63) is 22.4 Å². The fourth-order valence-corrected chi connectivity index (χ4v) is 4.01. The van der Waals surface area contributed by atoms with E-state index in [-0.39, 0.29) is 5.41 Å². The molecule has 1 aromatic heterocycles. The van der Waals surface area contributed by atoms with Gasteiger partial charge in [0, 0.05) is 16.8 Å². The Bertz CT molecular complexity index is 351. The minimum atomic E-state index is 0.285. The van der Waals surface area contributed by atoms with Gasteiger partial charge in [0.2, 0.25) is 0 Å². The van der Waals surface area contributed by atoms with Crippen molar-refractivity contribution in [2.24, 2.45) is 11.1 Å². The molecule has 2 nitrogen and oxygen atoms in total. The molecule has 0 aromatic carbocycles. The fourth-order valence-electron chi connectivity index (χ4n) is 3.30. The van der Waals surface area contributed by atoms with Gasteiger partial charge >= 0.3 is 0 Å². The van der Waals surface area contributed by atoms with Crippen molar-refractivity contribution in [2.75, 3.05) is 6.54 Å². The summed E-state index contributed by atoms with van der Waals surface area (Å²) in [7, 11) is 0. The second-order valence-electron chi connectivity index (χ2n) is 5.17. The Hall–Kier alpha value is -0.380. The monoisotopic (exact) mass is 237 g/mol. The Kier molecular flexibility index (Phi) is 2.78. The SMILES string of the molecule is NCC1(CCc2cccs2)CC2CCC1O2. The first-order valence-electron chi connectivity index (χ1n) is 6.20. The molecular formula is C13H19NOS. The van der Waals surface area contributed by atoms with Gasteiger partial charge in [0.05, 0.1) is 12.2 Å². The molecule has 0 aliphatic carbocycles. The summed E-state index contributed by atoms with van der Waals surface area (Å²) < 4.78 is 5.97. The Morgan fingerprint density at radius 3 is 3.00 bits per heavy atom. The molecule has 16 heavy (non-hydrogen) atoms. The highest BCUT2D eigenvalue weighted by Gasteiger charge is 2.50. The molecule has 2 aliphatic heterocycles. The minimum Gasteiger partial charge on any atom is -0.374 e. The van der Waals surface area contributed by atoms with Crippen LogP contribution in [0.5, 0.6) is 0 Å². The maximum Gasteiger partial charge on any atom is 0.0649 e. The van der Waals surface area contributed by atoms with Gasteiger partial charge in [-0.15, -0.1) is 11.3 Å². The van der Waals surface area contributed by atoms with Crippen LogP contribution in [0.25, 0.3) is 0 Å². The zero-order valence-corrected chi connectivity index (χ0v) is 10.3. The standard InChI is InChI=1S/C13H19NOS/c14-9-13(6-5-11-2-1-7-16-11)8-10-3-4-12(13)15-10/h1-2,7,10,12H,3-6,8-9,14H2. The quantitative estimate of drug-likeness (QED) is 0.873. The van der Waals surface area contributed by atoms with Crippen molar-refractivity contribution < 1.29 is 4.74 Å². The maximum atomic E-state index is 6.02. The molecule has 3 heterocycles. The lowest BCUT2D eigenvalue weighted by Crippen LogP contribution is -2.39. The van der Waals surface area contributed by atoms with Crippen LogP contribution in [0.3, 0.4) is 0 Å². The summed E-state index contributed by atoms with van der Waals surface area (Å²) >= 11 is 1.85. The van der Waals surface area contributed by atoms with E-state index in [1.54, 1.807) is 0 Å².